The number of rotatable bonds is 9. The van der Waals surface area contributed by atoms with Crippen LogP contribution in [0.25, 0.3) is 11.1 Å². The van der Waals surface area contributed by atoms with Crippen molar-refractivity contribution < 1.29 is 9.47 Å². The number of benzene rings is 1. The van der Waals surface area contributed by atoms with Crippen LogP contribution < -0.4 is 15.6 Å². The summed E-state index contributed by atoms with van der Waals surface area (Å²) < 4.78 is 15.2. The minimum atomic E-state index is -0.188. The number of aromatic amines is 1. The van der Waals surface area contributed by atoms with Crippen LogP contribution in [0.1, 0.15) is 38.6 Å². The van der Waals surface area contributed by atoms with Crippen LogP contribution in [0, 0.1) is 0 Å². The Morgan fingerprint density at radius 2 is 1.88 bits per heavy atom. The van der Waals surface area contributed by atoms with Crippen molar-refractivity contribution in [3.8, 4) is 16.9 Å². The number of nitrogens with one attached hydrogen (secondary N) is 2. The van der Waals surface area contributed by atoms with E-state index in [0.717, 1.165) is 63.1 Å². The maximum absolute atomic E-state index is 12.7. The monoisotopic (exact) mass is 579 g/mol. The smallest absolute Gasteiger partial charge is 0.287 e. The number of anilines is 2. The second-order valence-corrected chi connectivity index (χ2v) is 11.0. The molecule has 0 radical (unpaired) electrons. The number of aromatic nitrogens is 7. The second-order valence-electron chi connectivity index (χ2n) is 10.6. The summed E-state index contributed by atoms with van der Waals surface area (Å²) in [5.41, 5.74) is 1.90. The zero-order valence-corrected chi connectivity index (χ0v) is 23.7. The average Bonchev–Trinajstić information content (AvgIpc) is 3.64. The zero-order chi connectivity index (χ0) is 28.2. The third-order valence-electron chi connectivity index (χ3n) is 7.77. The van der Waals surface area contributed by atoms with Crippen LogP contribution in [0.3, 0.4) is 0 Å². The number of hydrogen-bond acceptors (Lipinski definition) is 9. The Balaban J connectivity index is 1.07. The van der Waals surface area contributed by atoms with Gasteiger partial charge in [-0.05, 0) is 50.3 Å². The highest BCUT2D eigenvalue weighted by atomic mass is 35.5. The molecular formula is C28H34ClN9O3. The van der Waals surface area contributed by atoms with Gasteiger partial charge in [-0.15, -0.1) is 0 Å². The molecule has 4 aromatic rings. The first kappa shape index (κ1) is 27.4. The maximum Gasteiger partial charge on any atom is 0.287 e. The summed E-state index contributed by atoms with van der Waals surface area (Å²) in [6, 6.07) is 6.43. The Hall–Kier alpha value is -3.74. The topological polar surface area (TPSA) is 128 Å². The standard InChI is InChI=1S/C28H34ClN9O3/c1-19(15-37-18-30-17-33-37)41-26-12-20(2-7-24(26)29)21-13-31-28(32-14-21)34-25-16-38(35-27(25)39)23-5-3-22(4-6-23)36-8-10-40-11-9-36/h2,7,12-14,16-19,22-23H,3-6,8-11,15H2,1H3,(H,35,39)(H,31,32,34)/t19-,22?,23?/m0/s1. The molecule has 1 aliphatic heterocycles. The maximum atomic E-state index is 12.7. The molecule has 12 nitrogen and oxygen atoms in total. The van der Waals surface area contributed by atoms with Crippen molar-refractivity contribution >= 4 is 23.2 Å². The summed E-state index contributed by atoms with van der Waals surface area (Å²) in [7, 11) is 0. The van der Waals surface area contributed by atoms with Crippen LogP contribution >= 0.6 is 11.6 Å². The summed E-state index contributed by atoms with van der Waals surface area (Å²) in [4.78, 5) is 28.1. The molecule has 13 heteroatoms. The highest BCUT2D eigenvalue weighted by Gasteiger charge is 2.28. The minimum absolute atomic E-state index is 0.169. The first-order valence-corrected chi connectivity index (χ1v) is 14.4. The number of nitrogens with zero attached hydrogens (tertiary/aromatic N) is 7. The second kappa shape index (κ2) is 12.4. The van der Waals surface area contributed by atoms with Crippen LogP contribution in [0.15, 0.2) is 54.2 Å². The highest BCUT2D eigenvalue weighted by Crippen LogP contribution is 2.32. The van der Waals surface area contributed by atoms with Crippen molar-refractivity contribution in [1.29, 1.82) is 0 Å². The van der Waals surface area contributed by atoms with Crippen molar-refractivity contribution in [1.82, 2.24) is 39.4 Å². The lowest BCUT2D eigenvalue weighted by atomic mass is 9.90. The first-order chi connectivity index (χ1) is 20.0. The van der Waals surface area contributed by atoms with Crippen molar-refractivity contribution in [3.63, 3.8) is 0 Å². The van der Waals surface area contributed by atoms with Crippen LogP contribution in [0.4, 0.5) is 11.6 Å². The summed E-state index contributed by atoms with van der Waals surface area (Å²) in [5, 5.41) is 10.7. The van der Waals surface area contributed by atoms with Crippen LogP contribution in [-0.4, -0.2) is 77.9 Å². The molecule has 1 aliphatic carbocycles. The van der Waals surface area contributed by atoms with Gasteiger partial charge in [0.05, 0.1) is 37.0 Å². The number of H-pyrrole nitrogens is 1. The molecule has 2 fully saturated rings. The predicted molar refractivity (Wildman–Crippen MR) is 155 cm³/mol. The minimum Gasteiger partial charge on any atom is -0.487 e. The van der Waals surface area contributed by atoms with Crippen LogP contribution in [-0.2, 0) is 11.3 Å². The lowest BCUT2D eigenvalue weighted by Gasteiger charge is -2.38. The predicted octanol–water partition coefficient (Wildman–Crippen LogP) is 3.91. The van der Waals surface area contributed by atoms with Crippen molar-refractivity contribution in [2.45, 2.75) is 57.3 Å². The van der Waals surface area contributed by atoms with Gasteiger partial charge < -0.3 is 14.8 Å². The number of morpholine rings is 1. The van der Waals surface area contributed by atoms with Gasteiger partial charge in [-0.1, -0.05) is 17.7 Å². The van der Waals surface area contributed by atoms with Gasteiger partial charge in [0.1, 0.15) is 30.2 Å². The van der Waals surface area contributed by atoms with E-state index in [9.17, 15) is 4.79 Å². The molecule has 0 amide bonds. The van der Waals surface area contributed by atoms with E-state index in [1.165, 1.54) is 6.33 Å². The average molecular weight is 580 g/mol. The number of hydrogen-bond donors (Lipinski definition) is 2. The Morgan fingerprint density at radius 1 is 1.12 bits per heavy atom. The fourth-order valence-corrected chi connectivity index (χ4v) is 5.78. The van der Waals surface area contributed by atoms with Crippen LogP contribution in [0.2, 0.25) is 5.02 Å². The summed E-state index contributed by atoms with van der Waals surface area (Å²) in [5.74, 6) is 0.908. The van der Waals surface area contributed by atoms with Crippen molar-refractivity contribution in [2.75, 3.05) is 31.6 Å². The lowest BCUT2D eigenvalue weighted by molar-refractivity contribution is 0.00505. The molecule has 0 bridgehead atoms. The molecule has 4 heterocycles. The van der Waals surface area contributed by atoms with Gasteiger partial charge in [0, 0.05) is 37.1 Å². The number of halogens is 1. The van der Waals surface area contributed by atoms with Crippen molar-refractivity contribution in [2.24, 2.45) is 0 Å². The Morgan fingerprint density at radius 3 is 2.61 bits per heavy atom. The third-order valence-corrected chi connectivity index (χ3v) is 8.08. The molecule has 2 N–H and O–H groups in total. The molecule has 216 valence electrons. The summed E-state index contributed by atoms with van der Waals surface area (Å²) in [6.45, 7) is 6.16. The molecule has 1 aromatic carbocycles. The van der Waals surface area contributed by atoms with Gasteiger partial charge in [-0.25, -0.2) is 19.6 Å². The van der Waals surface area contributed by atoms with E-state index in [-0.39, 0.29) is 17.7 Å². The summed E-state index contributed by atoms with van der Waals surface area (Å²) in [6.07, 6.45) is 12.5. The molecule has 2 aliphatic rings. The van der Waals surface area contributed by atoms with E-state index in [0.29, 0.717) is 35.0 Å². The molecule has 0 unspecified atom stereocenters. The molecule has 41 heavy (non-hydrogen) atoms. The molecule has 6 rings (SSSR count). The van der Waals surface area contributed by atoms with E-state index in [1.807, 2.05) is 29.9 Å². The SMILES string of the molecule is C[C@@H](Cn1cncn1)Oc1cc(-c2cnc(Nc3cn(C4CCC(N5CCOCC5)CC4)[nH]c3=O)nc2)ccc1Cl. The molecule has 3 aromatic heterocycles. The van der Waals surface area contributed by atoms with Gasteiger partial charge >= 0.3 is 0 Å². The quantitative estimate of drug-likeness (QED) is 0.303. The van der Waals surface area contributed by atoms with Crippen molar-refractivity contribution in [3.05, 3.63) is 64.8 Å². The van der Waals surface area contributed by atoms with E-state index in [1.54, 1.807) is 29.5 Å². The molecule has 0 spiro atoms. The van der Waals surface area contributed by atoms with E-state index < -0.39 is 0 Å². The molecule has 1 saturated heterocycles. The normalized spacial score (nSPS) is 20.5. The van der Waals surface area contributed by atoms with E-state index >= 15 is 0 Å². The molecular weight excluding hydrogens is 546 g/mol. The van der Waals surface area contributed by atoms with Crippen LogP contribution in [0.5, 0.6) is 5.75 Å². The van der Waals surface area contributed by atoms with Gasteiger partial charge in [-0.3, -0.25) is 19.5 Å². The van der Waals surface area contributed by atoms with E-state index in [4.69, 9.17) is 21.1 Å². The van der Waals surface area contributed by atoms with Gasteiger partial charge in [-0.2, -0.15) is 5.10 Å². The highest BCUT2D eigenvalue weighted by molar-refractivity contribution is 6.32. The third kappa shape index (κ3) is 6.61. The Labute approximate surface area is 242 Å². The van der Waals surface area contributed by atoms with E-state index in [2.05, 4.69) is 35.4 Å². The zero-order valence-electron chi connectivity index (χ0n) is 22.9. The Bertz CT molecular complexity index is 1470. The van der Waals surface area contributed by atoms with Gasteiger partial charge in [0.2, 0.25) is 5.95 Å². The van der Waals surface area contributed by atoms with Gasteiger partial charge in [0.15, 0.2) is 0 Å². The largest absolute Gasteiger partial charge is 0.487 e. The fraction of sp³-hybridized carbons (Fsp3) is 0.464. The van der Waals surface area contributed by atoms with Gasteiger partial charge in [0.25, 0.3) is 5.56 Å². The lowest BCUT2D eigenvalue weighted by Crippen LogP contribution is -2.45. The number of ether oxygens (including phenoxy) is 2. The fourth-order valence-electron chi connectivity index (χ4n) is 5.62. The summed E-state index contributed by atoms with van der Waals surface area (Å²) >= 11 is 6.40. The molecule has 1 saturated carbocycles. The first-order valence-electron chi connectivity index (χ1n) is 14.0. The molecule has 1 atom stereocenters. The Kier molecular flexibility index (Phi) is 8.31.